The van der Waals surface area contributed by atoms with Gasteiger partial charge < -0.3 is 25.3 Å². The molecule has 1 unspecified atom stereocenters. The van der Waals surface area contributed by atoms with Crippen LogP contribution in [0.5, 0.6) is 0 Å². The lowest BCUT2D eigenvalue weighted by molar-refractivity contribution is -0.123. The molecule has 11 heteroatoms. The largest absolute Gasteiger partial charge is 0.378 e. The van der Waals surface area contributed by atoms with Crippen LogP contribution in [0.2, 0.25) is 15.1 Å². The van der Waals surface area contributed by atoms with Gasteiger partial charge in [-0.15, -0.1) is 0 Å². The van der Waals surface area contributed by atoms with Crippen molar-refractivity contribution in [3.05, 3.63) is 99.3 Å². The van der Waals surface area contributed by atoms with E-state index in [0.29, 0.717) is 52.2 Å². The van der Waals surface area contributed by atoms with Gasteiger partial charge >= 0.3 is 0 Å². The first-order valence-electron chi connectivity index (χ1n) is 13.5. The molecule has 8 nitrogen and oxygen atoms in total. The second-order valence-electron chi connectivity index (χ2n) is 9.88. The molecule has 5 rings (SSSR count). The lowest BCUT2D eigenvalue weighted by Gasteiger charge is -2.27. The summed E-state index contributed by atoms with van der Waals surface area (Å²) in [6, 6.07) is 17.9. The van der Waals surface area contributed by atoms with Gasteiger partial charge in [0.25, 0.3) is 0 Å². The summed E-state index contributed by atoms with van der Waals surface area (Å²) in [5.41, 5.74) is 1.77. The number of anilines is 2. The van der Waals surface area contributed by atoms with Crippen molar-refractivity contribution in [2.45, 2.75) is 50.9 Å². The highest BCUT2D eigenvalue weighted by Crippen LogP contribution is 2.23. The summed E-state index contributed by atoms with van der Waals surface area (Å²) >= 11 is 18.5. The molecular weight excluding hydrogens is 583 g/mol. The number of amides is 1. The Morgan fingerprint density at radius 3 is 2.56 bits per heavy atom. The number of hydrogen-bond acceptors (Lipinski definition) is 6. The van der Waals surface area contributed by atoms with E-state index in [9.17, 15) is 4.79 Å². The van der Waals surface area contributed by atoms with Gasteiger partial charge in [-0.3, -0.25) is 4.79 Å². The fourth-order valence-corrected chi connectivity index (χ4v) is 5.36. The summed E-state index contributed by atoms with van der Waals surface area (Å²) < 4.78 is 7.87. The second kappa shape index (κ2) is 14.0. The lowest BCUT2D eigenvalue weighted by atomic mass is 10.0. The monoisotopic (exact) mass is 612 g/mol. The van der Waals surface area contributed by atoms with E-state index >= 15 is 0 Å². The van der Waals surface area contributed by atoms with E-state index in [1.807, 2.05) is 65.5 Å². The Morgan fingerprint density at radius 2 is 1.80 bits per heavy atom. The third-order valence-electron chi connectivity index (χ3n) is 6.80. The quantitative estimate of drug-likeness (QED) is 0.171. The highest BCUT2D eigenvalue weighted by atomic mass is 35.5. The van der Waals surface area contributed by atoms with Gasteiger partial charge in [-0.05, 0) is 66.8 Å². The Morgan fingerprint density at radius 1 is 0.976 bits per heavy atom. The van der Waals surface area contributed by atoms with Gasteiger partial charge in [0.2, 0.25) is 11.9 Å². The van der Waals surface area contributed by atoms with E-state index in [0.717, 1.165) is 30.4 Å². The fraction of sp³-hybridized carbons (Fsp3) is 0.300. The van der Waals surface area contributed by atoms with Crippen LogP contribution in [0.15, 0.2) is 73.1 Å². The van der Waals surface area contributed by atoms with E-state index in [2.05, 4.69) is 16.0 Å². The molecule has 3 N–H and O–H groups in total. The number of nitrogens with one attached hydrogen (secondary N) is 3. The SMILES string of the molecule is O=C(NCc1ccc(Cl)cc1Cl)[C@@H](CC1CCCCO1)Nc1cc(-n2cccc2)nc(NCc2cccc(Cl)c2)n1. The molecule has 4 aromatic rings. The molecule has 1 amide bonds. The van der Waals surface area contributed by atoms with Gasteiger partial charge in [0.1, 0.15) is 17.7 Å². The van der Waals surface area contributed by atoms with E-state index in [1.165, 1.54) is 0 Å². The molecule has 0 radical (unpaired) electrons. The number of carbonyl (C=O) groups is 1. The van der Waals surface area contributed by atoms with Gasteiger partial charge in [0, 0.05) is 59.6 Å². The molecule has 1 fully saturated rings. The van der Waals surface area contributed by atoms with Gasteiger partial charge in [0.15, 0.2) is 0 Å². The minimum absolute atomic E-state index is 0.0303. The lowest BCUT2D eigenvalue weighted by Crippen LogP contribution is -2.42. The summed E-state index contributed by atoms with van der Waals surface area (Å²) in [5, 5.41) is 11.4. The fourth-order valence-electron chi connectivity index (χ4n) is 4.67. The molecule has 0 saturated carbocycles. The number of carbonyl (C=O) groups excluding carboxylic acids is 1. The van der Waals surface area contributed by atoms with Crippen LogP contribution in [0.25, 0.3) is 5.82 Å². The molecule has 2 atom stereocenters. The molecule has 1 aliphatic rings. The molecule has 0 aliphatic carbocycles. The summed E-state index contributed by atoms with van der Waals surface area (Å²) in [5.74, 6) is 1.40. The number of benzene rings is 2. The highest BCUT2D eigenvalue weighted by Gasteiger charge is 2.26. The molecule has 41 heavy (non-hydrogen) atoms. The maximum absolute atomic E-state index is 13.5. The number of aromatic nitrogens is 3. The van der Waals surface area contributed by atoms with Crippen LogP contribution < -0.4 is 16.0 Å². The zero-order valence-corrected chi connectivity index (χ0v) is 24.6. The van der Waals surface area contributed by atoms with Gasteiger partial charge in [0.05, 0.1) is 6.10 Å². The van der Waals surface area contributed by atoms with Crippen LogP contribution in [0.3, 0.4) is 0 Å². The van der Waals surface area contributed by atoms with E-state index in [4.69, 9.17) is 49.5 Å². The Labute approximate surface area is 254 Å². The Hall–Kier alpha value is -3.30. The molecule has 214 valence electrons. The highest BCUT2D eigenvalue weighted by molar-refractivity contribution is 6.35. The third-order valence-corrected chi connectivity index (χ3v) is 7.62. The van der Waals surface area contributed by atoms with Crippen LogP contribution >= 0.6 is 34.8 Å². The first-order chi connectivity index (χ1) is 19.9. The van der Waals surface area contributed by atoms with Crippen molar-refractivity contribution in [1.29, 1.82) is 0 Å². The summed E-state index contributed by atoms with van der Waals surface area (Å²) in [7, 11) is 0. The molecular formula is C30H31Cl3N6O2. The van der Waals surface area contributed by atoms with Crippen molar-refractivity contribution in [3.63, 3.8) is 0 Å². The van der Waals surface area contributed by atoms with Gasteiger partial charge in [-0.25, -0.2) is 0 Å². The minimum Gasteiger partial charge on any atom is -0.378 e. The van der Waals surface area contributed by atoms with E-state index < -0.39 is 6.04 Å². The Bertz CT molecular complexity index is 1460. The number of rotatable bonds is 11. The molecule has 3 heterocycles. The zero-order chi connectivity index (χ0) is 28.6. The van der Waals surface area contributed by atoms with Crippen molar-refractivity contribution >= 4 is 52.5 Å². The summed E-state index contributed by atoms with van der Waals surface area (Å²) in [6.45, 7) is 1.45. The number of halogens is 3. The van der Waals surface area contributed by atoms with Crippen molar-refractivity contribution in [2.75, 3.05) is 17.2 Å². The number of ether oxygens (including phenoxy) is 1. The smallest absolute Gasteiger partial charge is 0.242 e. The molecule has 0 spiro atoms. The van der Waals surface area contributed by atoms with E-state index in [-0.39, 0.29) is 18.6 Å². The second-order valence-corrected chi connectivity index (χ2v) is 11.2. The summed E-state index contributed by atoms with van der Waals surface area (Å²) in [6.07, 6.45) is 7.28. The van der Waals surface area contributed by atoms with Crippen LogP contribution in [0, 0.1) is 0 Å². The van der Waals surface area contributed by atoms with Gasteiger partial charge in [-0.1, -0.05) is 53.0 Å². The number of nitrogens with zero attached hydrogens (tertiary/aromatic N) is 3. The molecule has 0 bridgehead atoms. The van der Waals surface area contributed by atoms with Crippen molar-refractivity contribution in [3.8, 4) is 5.82 Å². The normalized spacial score (nSPS) is 15.7. The van der Waals surface area contributed by atoms with Crippen LogP contribution in [0.4, 0.5) is 11.8 Å². The number of hydrogen-bond donors (Lipinski definition) is 3. The first kappa shape index (κ1) is 29.2. The van der Waals surface area contributed by atoms with Crippen molar-refractivity contribution in [2.24, 2.45) is 0 Å². The Balaban J connectivity index is 1.37. The van der Waals surface area contributed by atoms with Crippen LogP contribution in [-0.2, 0) is 22.6 Å². The van der Waals surface area contributed by atoms with Crippen LogP contribution in [0.1, 0.15) is 36.8 Å². The molecule has 2 aromatic heterocycles. The van der Waals surface area contributed by atoms with Gasteiger partial charge in [-0.2, -0.15) is 9.97 Å². The average molecular weight is 614 g/mol. The average Bonchev–Trinajstić information content (AvgIpc) is 3.51. The predicted octanol–water partition coefficient (Wildman–Crippen LogP) is 6.90. The van der Waals surface area contributed by atoms with Crippen molar-refractivity contribution < 1.29 is 9.53 Å². The molecule has 2 aromatic carbocycles. The topological polar surface area (TPSA) is 93.1 Å². The molecule has 1 aliphatic heterocycles. The Kier molecular flexibility index (Phi) is 10.0. The van der Waals surface area contributed by atoms with E-state index in [1.54, 1.807) is 12.1 Å². The third kappa shape index (κ3) is 8.36. The maximum Gasteiger partial charge on any atom is 0.242 e. The zero-order valence-electron chi connectivity index (χ0n) is 22.3. The van der Waals surface area contributed by atoms with Crippen molar-refractivity contribution in [1.82, 2.24) is 19.9 Å². The minimum atomic E-state index is -0.600. The first-order valence-corrected chi connectivity index (χ1v) is 14.7. The van der Waals surface area contributed by atoms with Crippen LogP contribution in [-0.4, -0.2) is 39.2 Å². The molecule has 1 saturated heterocycles. The maximum atomic E-state index is 13.5. The summed E-state index contributed by atoms with van der Waals surface area (Å²) in [4.78, 5) is 22.9. The predicted molar refractivity (Wildman–Crippen MR) is 164 cm³/mol. The standard InChI is InChI=1S/C30H31Cl3N6O2/c31-22-7-5-6-20(14-22)18-35-30-37-27(17-28(38-30)39-11-2-3-12-39)36-26(16-24-8-1-4-13-41-24)29(40)34-19-21-9-10-23(32)15-25(21)33/h2-3,5-7,9-12,14-15,17,24,26H,1,4,8,13,16,18-19H2,(H,34,40)(H2,35,36,37,38)/t24?,26-/m1/s1.